The molecule has 2 nitrogen and oxygen atoms in total. The predicted octanol–water partition coefficient (Wildman–Crippen LogP) is 4.86. The van der Waals surface area contributed by atoms with E-state index in [0.717, 1.165) is 17.9 Å². The zero-order valence-electron chi connectivity index (χ0n) is 13.0. The third-order valence-corrected chi connectivity index (χ3v) is 3.20. The molecule has 0 aliphatic rings. The van der Waals surface area contributed by atoms with Crippen LogP contribution in [0, 0.1) is 11.8 Å². The number of hydrogen-bond acceptors (Lipinski definition) is 2. The van der Waals surface area contributed by atoms with Crippen molar-refractivity contribution in [2.75, 3.05) is 12.4 Å². The van der Waals surface area contributed by atoms with Gasteiger partial charge in [-0.1, -0.05) is 38.5 Å². The van der Waals surface area contributed by atoms with Crippen LogP contribution in [0.1, 0.15) is 52.4 Å². The van der Waals surface area contributed by atoms with Gasteiger partial charge < -0.3 is 10.1 Å². The van der Waals surface area contributed by atoms with Crippen LogP contribution < -0.4 is 10.1 Å². The van der Waals surface area contributed by atoms with Gasteiger partial charge in [0.1, 0.15) is 5.75 Å². The first kappa shape index (κ1) is 16.4. The summed E-state index contributed by atoms with van der Waals surface area (Å²) in [5, 5.41) is 3.38. The summed E-state index contributed by atoms with van der Waals surface area (Å²) < 4.78 is 5.14. The van der Waals surface area contributed by atoms with Crippen molar-refractivity contribution >= 4 is 5.69 Å². The van der Waals surface area contributed by atoms with E-state index in [-0.39, 0.29) is 6.04 Å². The number of ether oxygens (including phenoxy) is 1. The second-order valence-corrected chi connectivity index (χ2v) is 5.08. The molecule has 0 fully saturated rings. The Morgan fingerprint density at radius 2 is 1.80 bits per heavy atom. The van der Waals surface area contributed by atoms with Gasteiger partial charge in [0, 0.05) is 12.1 Å². The van der Waals surface area contributed by atoms with E-state index in [1.807, 2.05) is 24.3 Å². The number of rotatable bonds is 8. The second-order valence-electron chi connectivity index (χ2n) is 5.08. The van der Waals surface area contributed by atoms with E-state index in [1.165, 1.54) is 32.1 Å². The molecule has 2 heteroatoms. The van der Waals surface area contributed by atoms with Crippen LogP contribution in [-0.4, -0.2) is 13.2 Å². The standard InChI is InChI=1S/C18H27NO/c1-4-5-6-7-8-9-10-11-16(2)19-17-12-14-18(20-3)15-13-17/h12-16,19H,4-9H2,1-3H3/t16-/m0/s1. The fourth-order valence-electron chi connectivity index (χ4n) is 2.02. The van der Waals surface area contributed by atoms with Crippen molar-refractivity contribution in [1.29, 1.82) is 0 Å². The first-order valence-corrected chi connectivity index (χ1v) is 7.65. The smallest absolute Gasteiger partial charge is 0.119 e. The lowest BCUT2D eigenvalue weighted by Crippen LogP contribution is -2.12. The molecule has 20 heavy (non-hydrogen) atoms. The maximum absolute atomic E-state index is 5.14. The Bertz CT molecular complexity index is 413. The highest BCUT2D eigenvalue weighted by Crippen LogP contribution is 2.15. The summed E-state index contributed by atoms with van der Waals surface area (Å²) in [7, 11) is 1.68. The average Bonchev–Trinajstić information content (AvgIpc) is 2.47. The molecule has 110 valence electrons. The molecule has 1 rings (SSSR count). The molecular weight excluding hydrogens is 246 g/mol. The van der Waals surface area contributed by atoms with E-state index >= 15 is 0 Å². The highest BCUT2D eigenvalue weighted by molar-refractivity contribution is 5.48. The Hall–Kier alpha value is -1.62. The number of anilines is 1. The third-order valence-electron chi connectivity index (χ3n) is 3.20. The topological polar surface area (TPSA) is 21.3 Å². The third kappa shape index (κ3) is 7.09. The minimum absolute atomic E-state index is 0.180. The van der Waals surface area contributed by atoms with Crippen molar-refractivity contribution in [3.63, 3.8) is 0 Å². The lowest BCUT2D eigenvalue weighted by atomic mass is 10.1. The molecule has 0 radical (unpaired) electrons. The van der Waals surface area contributed by atoms with Crippen molar-refractivity contribution in [2.24, 2.45) is 0 Å². The zero-order valence-corrected chi connectivity index (χ0v) is 13.0. The Balaban J connectivity index is 2.23. The molecule has 0 aliphatic heterocycles. The van der Waals surface area contributed by atoms with Gasteiger partial charge in [0.15, 0.2) is 0 Å². The van der Waals surface area contributed by atoms with Crippen LogP contribution in [0.25, 0.3) is 0 Å². The molecule has 0 unspecified atom stereocenters. The Morgan fingerprint density at radius 3 is 2.45 bits per heavy atom. The van der Waals surface area contributed by atoms with E-state index in [9.17, 15) is 0 Å². The second kappa shape index (κ2) is 10.2. The fourth-order valence-corrected chi connectivity index (χ4v) is 2.02. The number of benzene rings is 1. The molecule has 1 atom stereocenters. The number of hydrogen-bond donors (Lipinski definition) is 1. The summed E-state index contributed by atoms with van der Waals surface area (Å²) in [6.45, 7) is 4.33. The normalized spacial score (nSPS) is 11.3. The molecule has 1 N–H and O–H groups in total. The fraction of sp³-hybridized carbons (Fsp3) is 0.556. The molecular formula is C18H27NO. The minimum atomic E-state index is 0.180. The van der Waals surface area contributed by atoms with Crippen LogP contribution in [0.4, 0.5) is 5.69 Å². The molecule has 0 heterocycles. The lowest BCUT2D eigenvalue weighted by Gasteiger charge is -2.09. The molecule has 0 spiro atoms. The van der Waals surface area contributed by atoms with Crippen molar-refractivity contribution in [1.82, 2.24) is 0 Å². The van der Waals surface area contributed by atoms with Gasteiger partial charge in [0.05, 0.1) is 13.2 Å². The molecule has 0 amide bonds. The molecule has 1 aromatic rings. The monoisotopic (exact) mass is 273 g/mol. The molecule has 1 aromatic carbocycles. The van der Waals surface area contributed by atoms with E-state index in [4.69, 9.17) is 4.74 Å². The highest BCUT2D eigenvalue weighted by atomic mass is 16.5. The van der Waals surface area contributed by atoms with Crippen molar-refractivity contribution in [3.05, 3.63) is 24.3 Å². The lowest BCUT2D eigenvalue weighted by molar-refractivity contribution is 0.415. The van der Waals surface area contributed by atoms with Gasteiger partial charge in [-0.2, -0.15) is 0 Å². The van der Waals surface area contributed by atoms with Gasteiger partial charge in [0.25, 0.3) is 0 Å². The predicted molar refractivity (Wildman–Crippen MR) is 87.2 cm³/mol. The number of unbranched alkanes of at least 4 members (excludes halogenated alkanes) is 5. The van der Waals surface area contributed by atoms with Gasteiger partial charge in [-0.3, -0.25) is 0 Å². The van der Waals surface area contributed by atoms with Crippen LogP contribution in [-0.2, 0) is 0 Å². The summed E-state index contributed by atoms with van der Waals surface area (Å²) in [5.41, 5.74) is 1.08. The Kier molecular flexibility index (Phi) is 8.38. The molecule has 0 saturated carbocycles. The Labute approximate surface area is 123 Å². The number of methoxy groups -OCH3 is 1. The quantitative estimate of drug-likeness (QED) is 0.539. The van der Waals surface area contributed by atoms with E-state index in [1.54, 1.807) is 7.11 Å². The van der Waals surface area contributed by atoms with Gasteiger partial charge in [-0.05, 0) is 37.6 Å². The van der Waals surface area contributed by atoms with Crippen LogP contribution in [0.5, 0.6) is 5.75 Å². The number of nitrogens with one attached hydrogen (secondary N) is 1. The van der Waals surface area contributed by atoms with E-state index < -0.39 is 0 Å². The Morgan fingerprint density at radius 1 is 1.10 bits per heavy atom. The molecule has 0 aliphatic carbocycles. The SMILES string of the molecule is CCCCCCCC#C[C@H](C)Nc1ccc(OC)cc1. The van der Waals surface area contributed by atoms with Gasteiger partial charge >= 0.3 is 0 Å². The maximum atomic E-state index is 5.14. The summed E-state index contributed by atoms with van der Waals surface area (Å²) >= 11 is 0. The van der Waals surface area contributed by atoms with Crippen LogP contribution in [0.3, 0.4) is 0 Å². The summed E-state index contributed by atoms with van der Waals surface area (Å²) in [4.78, 5) is 0. The highest BCUT2D eigenvalue weighted by Gasteiger charge is 1.97. The molecule has 0 saturated heterocycles. The van der Waals surface area contributed by atoms with E-state index in [0.29, 0.717) is 0 Å². The van der Waals surface area contributed by atoms with Crippen molar-refractivity contribution in [3.8, 4) is 17.6 Å². The summed E-state index contributed by atoms with van der Waals surface area (Å²) in [5.74, 6) is 7.40. The van der Waals surface area contributed by atoms with Gasteiger partial charge in [-0.25, -0.2) is 0 Å². The maximum Gasteiger partial charge on any atom is 0.119 e. The van der Waals surface area contributed by atoms with Crippen LogP contribution in [0.2, 0.25) is 0 Å². The van der Waals surface area contributed by atoms with Gasteiger partial charge in [0.2, 0.25) is 0 Å². The molecule has 0 bridgehead atoms. The van der Waals surface area contributed by atoms with Crippen molar-refractivity contribution in [2.45, 2.75) is 58.4 Å². The van der Waals surface area contributed by atoms with Gasteiger partial charge in [-0.15, -0.1) is 5.92 Å². The van der Waals surface area contributed by atoms with E-state index in [2.05, 4.69) is 31.0 Å². The first-order valence-electron chi connectivity index (χ1n) is 7.65. The molecule has 0 aromatic heterocycles. The summed E-state index contributed by atoms with van der Waals surface area (Å²) in [6, 6.07) is 8.12. The first-order chi connectivity index (χ1) is 9.76. The summed E-state index contributed by atoms with van der Waals surface area (Å²) in [6.07, 6.45) is 7.54. The van der Waals surface area contributed by atoms with Crippen LogP contribution >= 0.6 is 0 Å². The zero-order chi connectivity index (χ0) is 14.6. The average molecular weight is 273 g/mol. The van der Waals surface area contributed by atoms with Crippen LogP contribution in [0.15, 0.2) is 24.3 Å². The largest absolute Gasteiger partial charge is 0.497 e. The van der Waals surface area contributed by atoms with Crippen molar-refractivity contribution < 1.29 is 4.74 Å². The minimum Gasteiger partial charge on any atom is -0.497 e.